The largest absolute Gasteiger partial charge is 0.363 e. The van der Waals surface area contributed by atoms with E-state index < -0.39 is 20.8 Å². The van der Waals surface area contributed by atoms with Crippen LogP contribution in [-0.2, 0) is 10.0 Å². The molecule has 2 aromatic heterocycles. The molecule has 1 aromatic carbocycles. The lowest BCUT2D eigenvalue weighted by Crippen LogP contribution is -2.48. The van der Waals surface area contributed by atoms with Gasteiger partial charge < -0.3 is 9.88 Å². The molecule has 1 N–H and O–H groups in total. The smallest absolute Gasteiger partial charge is 0.295 e. The average Bonchev–Trinajstić information content (AvgIpc) is 3.13. The first-order valence-corrected chi connectivity index (χ1v) is 9.93. The van der Waals surface area contributed by atoms with Gasteiger partial charge in [-0.15, -0.1) is 0 Å². The first kappa shape index (κ1) is 18.3. The zero-order valence-electron chi connectivity index (χ0n) is 14.6. The van der Waals surface area contributed by atoms with Gasteiger partial charge in [0.15, 0.2) is 0 Å². The Bertz CT molecular complexity index is 1160. The molecule has 1 aliphatic heterocycles. The maximum absolute atomic E-state index is 13.4. The van der Waals surface area contributed by atoms with Crippen LogP contribution >= 0.6 is 0 Å². The van der Waals surface area contributed by atoms with Crippen LogP contribution in [0.2, 0.25) is 0 Å². The number of hydrogen-bond acceptors (Lipinski definition) is 6. The van der Waals surface area contributed by atoms with E-state index in [0.717, 1.165) is 12.1 Å². The quantitative estimate of drug-likeness (QED) is 0.526. The molecule has 28 heavy (non-hydrogen) atoms. The summed E-state index contributed by atoms with van der Waals surface area (Å²) in [6.07, 6.45) is 2.99. The van der Waals surface area contributed by atoms with E-state index in [1.165, 1.54) is 16.6 Å². The summed E-state index contributed by atoms with van der Waals surface area (Å²) in [5.41, 5.74) is 0.431. The van der Waals surface area contributed by atoms with Gasteiger partial charge in [0.25, 0.3) is 5.69 Å². The Morgan fingerprint density at radius 3 is 2.64 bits per heavy atom. The molecule has 0 bridgehead atoms. The Morgan fingerprint density at radius 2 is 1.93 bits per heavy atom. The summed E-state index contributed by atoms with van der Waals surface area (Å²) in [5.74, 6) is -0.690. The number of nitrogens with zero attached hydrogens (tertiary/aromatic N) is 4. The van der Waals surface area contributed by atoms with Crippen molar-refractivity contribution in [3.63, 3.8) is 0 Å². The van der Waals surface area contributed by atoms with E-state index in [2.05, 4.69) is 9.97 Å². The number of benzene rings is 1. The van der Waals surface area contributed by atoms with Crippen LogP contribution in [0.4, 0.5) is 15.8 Å². The lowest BCUT2D eigenvalue weighted by atomic mass is 10.2. The topological polar surface area (TPSA) is 112 Å². The number of halogens is 1. The second kappa shape index (κ2) is 6.84. The Balaban J connectivity index is 1.57. The molecular weight excluding hydrogens is 389 g/mol. The van der Waals surface area contributed by atoms with Gasteiger partial charge in [0.1, 0.15) is 22.0 Å². The predicted molar refractivity (Wildman–Crippen MR) is 100 cm³/mol. The third-order valence-corrected chi connectivity index (χ3v) is 6.68. The number of nitrogens with one attached hydrogen (secondary N) is 1. The van der Waals surface area contributed by atoms with Crippen molar-refractivity contribution < 1.29 is 17.7 Å². The van der Waals surface area contributed by atoms with Crippen LogP contribution in [-0.4, -0.2) is 53.8 Å². The fraction of sp³-hybridized carbons (Fsp3) is 0.235. The first-order valence-electron chi connectivity index (χ1n) is 8.49. The van der Waals surface area contributed by atoms with Crippen molar-refractivity contribution in [1.82, 2.24) is 14.3 Å². The van der Waals surface area contributed by atoms with Crippen LogP contribution in [0.25, 0.3) is 11.0 Å². The van der Waals surface area contributed by atoms with Crippen molar-refractivity contribution in [1.29, 1.82) is 0 Å². The third kappa shape index (κ3) is 3.08. The number of piperazine rings is 1. The molecule has 3 aromatic rings. The zero-order valence-corrected chi connectivity index (χ0v) is 15.4. The van der Waals surface area contributed by atoms with E-state index in [-0.39, 0.29) is 42.4 Å². The van der Waals surface area contributed by atoms with Gasteiger partial charge in [0.05, 0.1) is 11.0 Å². The maximum atomic E-state index is 13.4. The van der Waals surface area contributed by atoms with Gasteiger partial charge in [-0.3, -0.25) is 10.1 Å². The summed E-state index contributed by atoms with van der Waals surface area (Å²) in [6.45, 7) is 0.826. The minimum atomic E-state index is -3.74. The van der Waals surface area contributed by atoms with Gasteiger partial charge in [-0.1, -0.05) is 0 Å². The highest BCUT2D eigenvalue weighted by Crippen LogP contribution is 2.31. The van der Waals surface area contributed by atoms with Crippen LogP contribution < -0.4 is 4.90 Å². The summed E-state index contributed by atoms with van der Waals surface area (Å²) in [5, 5.41) is 11.7. The van der Waals surface area contributed by atoms with Crippen molar-refractivity contribution in [2.24, 2.45) is 0 Å². The number of nitro groups is 1. The highest BCUT2D eigenvalue weighted by molar-refractivity contribution is 7.89. The summed E-state index contributed by atoms with van der Waals surface area (Å²) in [6, 6.07) is 6.73. The number of pyridine rings is 1. The summed E-state index contributed by atoms with van der Waals surface area (Å²) >= 11 is 0. The number of aromatic nitrogens is 2. The van der Waals surface area contributed by atoms with Crippen molar-refractivity contribution in [3.8, 4) is 0 Å². The zero-order chi connectivity index (χ0) is 19.9. The molecule has 0 radical (unpaired) electrons. The van der Waals surface area contributed by atoms with Crippen molar-refractivity contribution in [2.45, 2.75) is 4.90 Å². The van der Waals surface area contributed by atoms with Crippen molar-refractivity contribution in [2.75, 3.05) is 31.1 Å². The fourth-order valence-corrected chi connectivity index (χ4v) is 4.94. The molecule has 0 amide bonds. The van der Waals surface area contributed by atoms with Gasteiger partial charge in [-0.05, 0) is 24.3 Å². The number of nitro benzene ring substituents is 1. The number of rotatable bonds is 4. The monoisotopic (exact) mass is 405 g/mol. The van der Waals surface area contributed by atoms with E-state index >= 15 is 0 Å². The molecule has 11 heteroatoms. The second-order valence-electron chi connectivity index (χ2n) is 6.33. The summed E-state index contributed by atoms with van der Waals surface area (Å²) in [4.78, 5) is 19.4. The number of H-pyrrole nitrogens is 1. The van der Waals surface area contributed by atoms with Crippen molar-refractivity contribution in [3.05, 3.63) is 58.7 Å². The van der Waals surface area contributed by atoms with E-state index in [4.69, 9.17) is 0 Å². The van der Waals surface area contributed by atoms with Crippen LogP contribution in [0, 0.1) is 15.9 Å². The average molecular weight is 405 g/mol. The number of anilines is 1. The maximum Gasteiger partial charge on any atom is 0.295 e. The number of hydrogen-bond donors (Lipinski definition) is 1. The highest BCUT2D eigenvalue weighted by Gasteiger charge is 2.32. The molecule has 0 saturated carbocycles. The van der Waals surface area contributed by atoms with Crippen molar-refractivity contribution >= 4 is 32.4 Å². The minimum Gasteiger partial charge on any atom is -0.363 e. The van der Waals surface area contributed by atoms with E-state index in [1.54, 1.807) is 23.2 Å². The second-order valence-corrected chi connectivity index (χ2v) is 8.24. The molecule has 3 heterocycles. The van der Waals surface area contributed by atoms with Crippen LogP contribution in [0.1, 0.15) is 0 Å². The minimum absolute atomic E-state index is 0.150. The van der Waals surface area contributed by atoms with E-state index in [1.807, 2.05) is 0 Å². The van der Waals surface area contributed by atoms with Gasteiger partial charge >= 0.3 is 0 Å². The fourth-order valence-electron chi connectivity index (χ4n) is 3.36. The van der Waals surface area contributed by atoms with E-state index in [9.17, 15) is 22.9 Å². The predicted octanol–water partition coefficient (Wildman–Crippen LogP) is 2.12. The Labute approximate surface area is 159 Å². The molecule has 0 aliphatic carbocycles. The normalized spacial score (nSPS) is 15.8. The van der Waals surface area contributed by atoms with Gasteiger partial charge in [0.2, 0.25) is 10.0 Å². The van der Waals surface area contributed by atoms with Crippen LogP contribution in [0.3, 0.4) is 0 Å². The molecular formula is C17H16FN5O4S. The summed E-state index contributed by atoms with van der Waals surface area (Å²) in [7, 11) is -3.74. The van der Waals surface area contributed by atoms with Gasteiger partial charge in [-0.25, -0.2) is 17.8 Å². The highest BCUT2D eigenvalue weighted by atomic mass is 32.2. The Hall–Kier alpha value is -3.05. The Morgan fingerprint density at radius 1 is 1.18 bits per heavy atom. The molecule has 0 spiro atoms. The molecule has 0 unspecified atom stereocenters. The molecule has 146 valence electrons. The van der Waals surface area contributed by atoms with Crippen LogP contribution in [0.15, 0.2) is 47.6 Å². The van der Waals surface area contributed by atoms with E-state index in [0.29, 0.717) is 11.0 Å². The first-order chi connectivity index (χ1) is 13.4. The van der Waals surface area contributed by atoms with Crippen LogP contribution in [0.5, 0.6) is 0 Å². The molecule has 4 rings (SSSR count). The Kier molecular flexibility index (Phi) is 4.47. The molecule has 1 saturated heterocycles. The number of fused-ring (bicyclic) bond motifs is 1. The standard InChI is InChI=1S/C17H16FN5O4S/c18-12-3-4-14(15(10-12)23(24)25)21-6-8-22(9-7-21)28(26,27)16-11-20-17-13(16)2-1-5-19-17/h1-5,10-11H,6-9H2,(H,19,20). The number of sulfonamides is 1. The van der Waals surface area contributed by atoms with Gasteiger partial charge in [0, 0.05) is 44.0 Å². The molecule has 9 nitrogen and oxygen atoms in total. The molecule has 1 fully saturated rings. The lowest BCUT2D eigenvalue weighted by molar-refractivity contribution is -0.384. The third-order valence-electron chi connectivity index (χ3n) is 4.74. The summed E-state index contributed by atoms with van der Waals surface area (Å²) < 4.78 is 40.8. The lowest BCUT2D eigenvalue weighted by Gasteiger charge is -2.34. The molecule has 0 atom stereocenters. The van der Waals surface area contributed by atoms with Gasteiger partial charge in [-0.2, -0.15) is 4.31 Å². The molecule has 1 aliphatic rings. The SMILES string of the molecule is O=[N+]([O-])c1cc(F)ccc1N1CCN(S(=O)(=O)c2c[nH]c3ncccc23)CC1. The number of aromatic amines is 1.